The summed E-state index contributed by atoms with van der Waals surface area (Å²) < 4.78 is 10.8. The van der Waals surface area contributed by atoms with E-state index in [0.717, 1.165) is 23.6 Å². The molecule has 166 valence electrons. The summed E-state index contributed by atoms with van der Waals surface area (Å²) in [4.78, 5) is 11.4. The molecule has 3 rings (SSSR count). The van der Waals surface area contributed by atoms with E-state index in [2.05, 4.69) is 69.0 Å². The zero-order valence-electron chi connectivity index (χ0n) is 18.8. The number of aryl methyl sites for hydroxylation is 2. The number of carbonyl (C=O) groups is 1. The predicted molar refractivity (Wildman–Crippen MR) is 129 cm³/mol. The largest absolute Gasteiger partial charge is 0.491 e. The maximum Gasteiger partial charge on any atom is 0.330 e. The zero-order valence-corrected chi connectivity index (χ0v) is 18.8. The van der Waals surface area contributed by atoms with Gasteiger partial charge in [-0.25, -0.2) is 4.79 Å². The van der Waals surface area contributed by atoms with E-state index in [9.17, 15) is 4.79 Å². The molecule has 3 aromatic rings. The lowest BCUT2D eigenvalue weighted by atomic mass is 9.92. The van der Waals surface area contributed by atoms with Crippen LogP contribution in [0.15, 0.2) is 73.3 Å². The smallest absolute Gasteiger partial charge is 0.330 e. The molecule has 0 saturated heterocycles. The molecular weight excluding hydrogens is 400 g/mol. The molecule has 0 amide bonds. The Kier molecular flexibility index (Phi) is 8.23. The number of esters is 1. The Balaban J connectivity index is 1.92. The maximum atomic E-state index is 11.4. The van der Waals surface area contributed by atoms with Crippen molar-refractivity contribution in [3.8, 4) is 28.0 Å². The highest BCUT2D eigenvalue weighted by molar-refractivity contribution is 5.81. The lowest BCUT2D eigenvalue weighted by molar-refractivity contribution is -0.137. The quantitative estimate of drug-likeness (QED) is 0.339. The first-order valence-electron chi connectivity index (χ1n) is 10.9. The van der Waals surface area contributed by atoms with Crippen molar-refractivity contribution in [1.29, 1.82) is 0 Å². The highest BCUT2D eigenvalue weighted by Gasteiger charge is 2.11. The minimum Gasteiger partial charge on any atom is -0.491 e. The molecule has 0 aliphatic heterocycles. The van der Waals surface area contributed by atoms with Gasteiger partial charge < -0.3 is 14.6 Å². The van der Waals surface area contributed by atoms with E-state index in [1.807, 2.05) is 12.1 Å². The highest BCUT2D eigenvalue weighted by atomic mass is 16.5. The van der Waals surface area contributed by atoms with Gasteiger partial charge in [0.25, 0.3) is 0 Å². The second-order valence-corrected chi connectivity index (χ2v) is 7.61. The Morgan fingerprint density at radius 1 is 0.938 bits per heavy atom. The average Bonchev–Trinajstić information content (AvgIpc) is 2.83. The van der Waals surface area contributed by atoms with Crippen LogP contribution in [0.25, 0.3) is 22.3 Å². The molecule has 0 bridgehead atoms. The van der Waals surface area contributed by atoms with Crippen LogP contribution in [-0.2, 0) is 22.4 Å². The molecule has 0 aliphatic carbocycles. The summed E-state index contributed by atoms with van der Waals surface area (Å²) in [5, 5.41) is 9.13. The third kappa shape index (κ3) is 5.86. The molecule has 3 aromatic carbocycles. The molecule has 0 fully saturated rings. The Morgan fingerprint density at radius 2 is 1.62 bits per heavy atom. The van der Waals surface area contributed by atoms with E-state index in [0.29, 0.717) is 12.2 Å². The SMILES string of the molecule is C=CC(=O)OCCc1cc(-c2ccc(-c3ccc(C)cc3)cc2CC)ccc1OCCO. The second-order valence-electron chi connectivity index (χ2n) is 7.61. The molecule has 0 heterocycles. The Bertz CT molecular complexity index is 1070. The molecule has 0 atom stereocenters. The van der Waals surface area contributed by atoms with Gasteiger partial charge in [0.15, 0.2) is 0 Å². The molecule has 32 heavy (non-hydrogen) atoms. The van der Waals surface area contributed by atoms with Crippen LogP contribution >= 0.6 is 0 Å². The van der Waals surface area contributed by atoms with Crippen molar-refractivity contribution in [2.24, 2.45) is 0 Å². The maximum absolute atomic E-state index is 11.4. The fraction of sp³-hybridized carbons (Fsp3) is 0.250. The lowest BCUT2D eigenvalue weighted by Crippen LogP contribution is -2.08. The van der Waals surface area contributed by atoms with Crippen LogP contribution in [0, 0.1) is 6.92 Å². The summed E-state index contributed by atoms with van der Waals surface area (Å²) >= 11 is 0. The van der Waals surface area contributed by atoms with E-state index in [1.165, 1.54) is 27.8 Å². The van der Waals surface area contributed by atoms with E-state index in [-0.39, 0.29) is 19.8 Å². The van der Waals surface area contributed by atoms with Crippen molar-refractivity contribution >= 4 is 5.97 Å². The van der Waals surface area contributed by atoms with E-state index < -0.39 is 5.97 Å². The van der Waals surface area contributed by atoms with Crippen LogP contribution in [0.5, 0.6) is 5.75 Å². The van der Waals surface area contributed by atoms with Gasteiger partial charge >= 0.3 is 5.97 Å². The van der Waals surface area contributed by atoms with Crippen molar-refractivity contribution in [3.63, 3.8) is 0 Å². The third-order valence-electron chi connectivity index (χ3n) is 5.37. The molecule has 0 radical (unpaired) electrons. The first-order valence-corrected chi connectivity index (χ1v) is 10.9. The molecule has 4 heteroatoms. The Morgan fingerprint density at radius 3 is 2.31 bits per heavy atom. The van der Waals surface area contributed by atoms with Gasteiger partial charge in [-0.15, -0.1) is 0 Å². The van der Waals surface area contributed by atoms with E-state index >= 15 is 0 Å². The third-order valence-corrected chi connectivity index (χ3v) is 5.37. The van der Waals surface area contributed by atoms with Gasteiger partial charge in [0.1, 0.15) is 12.4 Å². The molecule has 0 unspecified atom stereocenters. The summed E-state index contributed by atoms with van der Waals surface area (Å²) in [6.07, 6.45) is 2.57. The van der Waals surface area contributed by atoms with Gasteiger partial charge in [0.2, 0.25) is 0 Å². The van der Waals surface area contributed by atoms with Gasteiger partial charge in [0.05, 0.1) is 13.2 Å². The van der Waals surface area contributed by atoms with Crippen LogP contribution < -0.4 is 4.74 Å². The Hall–Kier alpha value is -3.37. The number of benzene rings is 3. The van der Waals surface area contributed by atoms with Crippen molar-refractivity contribution in [1.82, 2.24) is 0 Å². The molecule has 4 nitrogen and oxygen atoms in total. The first-order chi connectivity index (χ1) is 15.5. The molecule has 1 N–H and O–H groups in total. The first kappa shape index (κ1) is 23.3. The fourth-order valence-corrected chi connectivity index (χ4v) is 3.65. The molecular formula is C28H30O4. The van der Waals surface area contributed by atoms with Crippen LogP contribution in [0.1, 0.15) is 23.6 Å². The second kappa shape index (κ2) is 11.3. The number of aliphatic hydroxyl groups excluding tert-OH is 1. The summed E-state index contributed by atoms with van der Waals surface area (Å²) in [5.74, 6) is 0.241. The van der Waals surface area contributed by atoms with Gasteiger partial charge in [-0.3, -0.25) is 0 Å². The number of aliphatic hydroxyl groups is 1. The van der Waals surface area contributed by atoms with Crippen molar-refractivity contribution in [3.05, 3.63) is 90.0 Å². The van der Waals surface area contributed by atoms with Gasteiger partial charge in [-0.05, 0) is 58.9 Å². The van der Waals surface area contributed by atoms with Gasteiger partial charge in [0, 0.05) is 12.5 Å². The molecule has 0 saturated carbocycles. The number of hydrogen-bond acceptors (Lipinski definition) is 4. The van der Waals surface area contributed by atoms with Crippen LogP contribution in [0.2, 0.25) is 0 Å². The van der Waals surface area contributed by atoms with Crippen molar-refractivity contribution < 1.29 is 19.4 Å². The average molecular weight is 431 g/mol. The highest BCUT2D eigenvalue weighted by Crippen LogP contribution is 2.32. The van der Waals surface area contributed by atoms with Gasteiger partial charge in [-0.2, -0.15) is 0 Å². The van der Waals surface area contributed by atoms with E-state index in [4.69, 9.17) is 14.6 Å². The number of carbonyl (C=O) groups excluding carboxylic acids is 1. The molecule has 0 aromatic heterocycles. The summed E-state index contributed by atoms with van der Waals surface area (Å²) in [6.45, 7) is 8.06. The topological polar surface area (TPSA) is 55.8 Å². The minimum atomic E-state index is -0.445. The zero-order chi connectivity index (χ0) is 22.9. The van der Waals surface area contributed by atoms with Crippen LogP contribution in [0.3, 0.4) is 0 Å². The van der Waals surface area contributed by atoms with Crippen LogP contribution in [0.4, 0.5) is 0 Å². The summed E-state index contributed by atoms with van der Waals surface area (Å²) in [5.41, 5.74) is 8.09. The minimum absolute atomic E-state index is 0.0624. The van der Waals surface area contributed by atoms with Crippen molar-refractivity contribution in [2.75, 3.05) is 19.8 Å². The number of ether oxygens (including phenoxy) is 2. The number of rotatable bonds is 10. The van der Waals surface area contributed by atoms with Crippen molar-refractivity contribution in [2.45, 2.75) is 26.7 Å². The lowest BCUT2D eigenvalue weighted by Gasteiger charge is -2.15. The summed E-state index contributed by atoms with van der Waals surface area (Å²) in [7, 11) is 0. The molecule has 0 aliphatic rings. The monoisotopic (exact) mass is 430 g/mol. The van der Waals surface area contributed by atoms with Crippen LogP contribution in [-0.4, -0.2) is 30.9 Å². The standard InChI is InChI=1S/C28H30O4/c1-4-21-18-23(22-8-6-20(3)7-9-22)10-12-26(21)24-11-13-27(31-17-15-29)25(19-24)14-16-32-28(30)5-2/h5-13,18-19,29H,2,4,14-17H2,1,3H3. The fourth-order valence-electron chi connectivity index (χ4n) is 3.65. The Labute approximate surface area is 190 Å². The van der Waals surface area contributed by atoms with Gasteiger partial charge in [-0.1, -0.05) is 67.6 Å². The normalized spacial score (nSPS) is 10.6. The molecule has 0 spiro atoms. The summed E-state index contributed by atoms with van der Waals surface area (Å²) in [6, 6.07) is 21.2. The number of hydrogen-bond donors (Lipinski definition) is 1. The van der Waals surface area contributed by atoms with E-state index in [1.54, 1.807) is 0 Å². The predicted octanol–water partition coefficient (Wildman–Crippen LogP) is 5.53.